The van der Waals surface area contributed by atoms with E-state index < -0.39 is 0 Å². The van der Waals surface area contributed by atoms with Crippen molar-refractivity contribution in [1.82, 2.24) is 4.90 Å². The smallest absolute Gasteiger partial charge is 0.122 e. The first-order chi connectivity index (χ1) is 8.01. The topological polar surface area (TPSA) is 12.5 Å². The molecule has 0 spiro atoms. The van der Waals surface area contributed by atoms with E-state index >= 15 is 0 Å². The molecule has 0 unspecified atom stereocenters. The Morgan fingerprint density at radius 2 is 1.82 bits per heavy atom. The van der Waals surface area contributed by atoms with Crippen LogP contribution in [0.25, 0.3) is 0 Å². The van der Waals surface area contributed by atoms with Crippen molar-refractivity contribution >= 4 is 0 Å². The van der Waals surface area contributed by atoms with E-state index in [9.17, 15) is 0 Å². The van der Waals surface area contributed by atoms with Gasteiger partial charge in [-0.3, -0.25) is 0 Å². The Morgan fingerprint density at radius 1 is 1.18 bits per heavy atom. The van der Waals surface area contributed by atoms with Gasteiger partial charge in [-0.05, 0) is 69.1 Å². The lowest BCUT2D eigenvalue weighted by molar-refractivity contribution is 0.357. The zero-order valence-corrected chi connectivity index (χ0v) is 12.1. The molecule has 2 nitrogen and oxygen atoms in total. The SMILES string of the molecule is CCN(C)CCc1c(C)cc(OC)c(C)c1C. The van der Waals surface area contributed by atoms with E-state index in [1.165, 1.54) is 22.3 Å². The summed E-state index contributed by atoms with van der Waals surface area (Å²) in [6.45, 7) is 10.9. The van der Waals surface area contributed by atoms with Crippen LogP contribution in [0.5, 0.6) is 5.75 Å². The Morgan fingerprint density at radius 3 is 2.35 bits per heavy atom. The van der Waals surface area contributed by atoms with E-state index in [4.69, 9.17) is 4.74 Å². The molecule has 0 aromatic heterocycles. The van der Waals surface area contributed by atoms with Crippen molar-refractivity contribution in [2.45, 2.75) is 34.1 Å². The molecule has 0 heterocycles. The first kappa shape index (κ1) is 14.0. The van der Waals surface area contributed by atoms with Gasteiger partial charge in [-0.2, -0.15) is 0 Å². The number of ether oxygens (including phenoxy) is 1. The van der Waals surface area contributed by atoms with Gasteiger partial charge >= 0.3 is 0 Å². The lowest BCUT2D eigenvalue weighted by Gasteiger charge is -2.19. The molecule has 96 valence electrons. The molecule has 17 heavy (non-hydrogen) atoms. The standard InChI is InChI=1S/C15H25NO/c1-7-16(5)9-8-14-11(2)10-15(17-6)13(4)12(14)3/h10H,7-9H2,1-6H3. The van der Waals surface area contributed by atoms with Crippen LogP contribution in [0.15, 0.2) is 6.07 Å². The molecule has 0 fully saturated rings. The van der Waals surface area contributed by atoms with Gasteiger partial charge in [-0.25, -0.2) is 0 Å². The predicted octanol–water partition coefficient (Wildman–Crippen LogP) is 3.11. The van der Waals surface area contributed by atoms with Crippen LogP contribution in [0.2, 0.25) is 0 Å². The summed E-state index contributed by atoms with van der Waals surface area (Å²) in [5.74, 6) is 1.01. The summed E-state index contributed by atoms with van der Waals surface area (Å²) in [6.07, 6.45) is 1.12. The number of benzene rings is 1. The first-order valence-electron chi connectivity index (χ1n) is 6.33. The number of hydrogen-bond donors (Lipinski definition) is 0. The first-order valence-corrected chi connectivity index (χ1v) is 6.33. The number of hydrogen-bond acceptors (Lipinski definition) is 2. The molecule has 0 aliphatic heterocycles. The highest BCUT2D eigenvalue weighted by Gasteiger charge is 2.10. The van der Waals surface area contributed by atoms with Crippen molar-refractivity contribution in [2.24, 2.45) is 0 Å². The summed E-state index contributed by atoms with van der Waals surface area (Å²) in [6, 6.07) is 2.16. The van der Waals surface area contributed by atoms with Gasteiger partial charge in [0.1, 0.15) is 5.75 Å². The Labute approximate surface area is 106 Å². The molecule has 0 saturated carbocycles. The molecule has 1 rings (SSSR count). The summed E-state index contributed by atoms with van der Waals surface area (Å²) in [4.78, 5) is 2.35. The molecular formula is C15H25NO. The molecule has 0 saturated heterocycles. The maximum atomic E-state index is 5.40. The molecule has 1 aromatic carbocycles. The van der Waals surface area contributed by atoms with E-state index in [-0.39, 0.29) is 0 Å². The van der Waals surface area contributed by atoms with Crippen LogP contribution in [0, 0.1) is 20.8 Å². The summed E-state index contributed by atoms with van der Waals surface area (Å²) in [5.41, 5.74) is 5.47. The Bertz CT molecular complexity index is 385. The molecule has 0 aliphatic carbocycles. The molecule has 0 atom stereocenters. The van der Waals surface area contributed by atoms with Crippen LogP contribution in [0.1, 0.15) is 29.2 Å². The largest absolute Gasteiger partial charge is 0.496 e. The second kappa shape index (κ2) is 6.06. The van der Waals surface area contributed by atoms with Gasteiger partial charge in [0.15, 0.2) is 0 Å². The van der Waals surface area contributed by atoms with Crippen molar-refractivity contribution < 1.29 is 4.74 Å². The summed E-state index contributed by atoms with van der Waals surface area (Å²) < 4.78 is 5.40. The van der Waals surface area contributed by atoms with Gasteiger partial charge in [0.25, 0.3) is 0 Å². The van der Waals surface area contributed by atoms with E-state index in [2.05, 4.69) is 45.7 Å². The number of nitrogens with zero attached hydrogens (tertiary/aromatic N) is 1. The van der Waals surface area contributed by atoms with Crippen molar-refractivity contribution in [3.8, 4) is 5.75 Å². The fraction of sp³-hybridized carbons (Fsp3) is 0.600. The number of likely N-dealkylation sites (N-methyl/N-ethyl adjacent to an activating group) is 1. The third kappa shape index (κ3) is 3.22. The van der Waals surface area contributed by atoms with Crippen LogP contribution in [-0.2, 0) is 6.42 Å². The quantitative estimate of drug-likeness (QED) is 0.777. The average Bonchev–Trinajstić information content (AvgIpc) is 2.33. The molecule has 0 amide bonds. The van der Waals surface area contributed by atoms with Gasteiger partial charge in [-0.15, -0.1) is 0 Å². The van der Waals surface area contributed by atoms with E-state index in [0.717, 1.165) is 25.3 Å². The van der Waals surface area contributed by atoms with E-state index in [1.54, 1.807) is 7.11 Å². The third-order valence-corrected chi connectivity index (χ3v) is 3.71. The highest BCUT2D eigenvalue weighted by molar-refractivity contribution is 5.48. The Hall–Kier alpha value is -1.02. The van der Waals surface area contributed by atoms with Crippen LogP contribution < -0.4 is 4.74 Å². The van der Waals surface area contributed by atoms with Crippen LogP contribution in [0.4, 0.5) is 0 Å². The predicted molar refractivity (Wildman–Crippen MR) is 74.1 cm³/mol. The highest BCUT2D eigenvalue weighted by atomic mass is 16.5. The molecule has 2 heteroatoms. The van der Waals surface area contributed by atoms with Crippen LogP contribution >= 0.6 is 0 Å². The van der Waals surface area contributed by atoms with Crippen molar-refractivity contribution in [3.63, 3.8) is 0 Å². The van der Waals surface area contributed by atoms with Crippen molar-refractivity contribution in [1.29, 1.82) is 0 Å². The normalized spacial score (nSPS) is 11.0. The molecule has 0 bridgehead atoms. The zero-order chi connectivity index (χ0) is 13.0. The molecular weight excluding hydrogens is 210 g/mol. The Kier molecular flexibility index (Phi) is 5.01. The van der Waals surface area contributed by atoms with Crippen LogP contribution in [0.3, 0.4) is 0 Å². The van der Waals surface area contributed by atoms with Crippen molar-refractivity contribution in [3.05, 3.63) is 28.3 Å². The van der Waals surface area contributed by atoms with Crippen LogP contribution in [-0.4, -0.2) is 32.1 Å². The van der Waals surface area contributed by atoms with Gasteiger partial charge in [-0.1, -0.05) is 6.92 Å². The van der Waals surface area contributed by atoms with Gasteiger partial charge in [0.2, 0.25) is 0 Å². The minimum absolute atomic E-state index is 1.01. The van der Waals surface area contributed by atoms with Crippen molar-refractivity contribution in [2.75, 3.05) is 27.2 Å². The Balaban J connectivity index is 2.96. The van der Waals surface area contributed by atoms with Gasteiger partial charge in [0.05, 0.1) is 7.11 Å². The van der Waals surface area contributed by atoms with E-state index in [0.29, 0.717) is 0 Å². The molecule has 0 aliphatic rings. The summed E-state index contributed by atoms with van der Waals surface area (Å²) in [7, 11) is 3.91. The second-order valence-corrected chi connectivity index (χ2v) is 4.77. The molecule has 1 aromatic rings. The van der Waals surface area contributed by atoms with Gasteiger partial charge in [0, 0.05) is 6.54 Å². The minimum atomic E-state index is 1.01. The molecule has 0 N–H and O–H groups in total. The average molecular weight is 235 g/mol. The maximum absolute atomic E-state index is 5.40. The van der Waals surface area contributed by atoms with Gasteiger partial charge < -0.3 is 9.64 Å². The zero-order valence-electron chi connectivity index (χ0n) is 12.1. The number of rotatable bonds is 5. The summed E-state index contributed by atoms with van der Waals surface area (Å²) >= 11 is 0. The lowest BCUT2D eigenvalue weighted by atomic mass is 9.95. The summed E-state index contributed by atoms with van der Waals surface area (Å²) in [5, 5.41) is 0. The second-order valence-electron chi connectivity index (χ2n) is 4.77. The fourth-order valence-electron chi connectivity index (χ4n) is 2.16. The lowest BCUT2D eigenvalue weighted by Crippen LogP contribution is -2.21. The fourth-order valence-corrected chi connectivity index (χ4v) is 2.16. The van der Waals surface area contributed by atoms with E-state index in [1.807, 2.05) is 0 Å². The molecule has 0 radical (unpaired) electrons. The minimum Gasteiger partial charge on any atom is -0.496 e. The number of methoxy groups -OCH3 is 1. The monoisotopic (exact) mass is 235 g/mol. The highest BCUT2D eigenvalue weighted by Crippen LogP contribution is 2.27. The third-order valence-electron chi connectivity index (χ3n) is 3.71. The maximum Gasteiger partial charge on any atom is 0.122 e. The number of aryl methyl sites for hydroxylation is 1.